The van der Waals surface area contributed by atoms with Crippen LogP contribution in [-0.2, 0) is 25.7 Å². The van der Waals surface area contributed by atoms with Crippen molar-refractivity contribution in [2.75, 3.05) is 6.61 Å². The minimum Gasteiger partial charge on any atom is -0.466 e. The van der Waals surface area contributed by atoms with Gasteiger partial charge < -0.3 is 15.0 Å². The number of nitrogens with one attached hydrogen (secondary N) is 1. The molecular formula is C23H25FN2O4S. The summed E-state index contributed by atoms with van der Waals surface area (Å²) in [5.41, 5.74) is 0.754. The first kappa shape index (κ1) is 21.5. The molecule has 4 rings (SSSR count). The monoisotopic (exact) mass is 444 g/mol. The van der Waals surface area contributed by atoms with E-state index in [1.54, 1.807) is 24.0 Å². The second kappa shape index (κ2) is 9.18. The van der Waals surface area contributed by atoms with Crippen LogP contribution in [0.4, 0.5) is 4.39 Å². The maximum absolute atomic E-state index is 13.2. The summed E-state index contributed by atoms with van der Waals surface area (Å²) < 4.78 is 18.4. The number of halogens is 1. The van der Waals surface area contributed by atoms with Crippen LogP contribution in [0, 0.1) is 17.7 Å². The topological polar surface area (TPSA) is 75.7 Å². The summed E-state index contributed by atoms with van der Waals surface area (Å²) in [4.78, 5) is 41.6. The number of nitrogens with zero attached hydrogens (tertiary/aromatic N) is 1. The maximum Gasteiger partial charge on any atom is 0.311 e. The fourth-order valence-corrected chi connectivity index (χ4v) is 5.00. The highest BCUT2D eigenvalue weighted by Crippen LogP contribution is 2.46. The lowest BCUT2D eigenvalue weighted by atomic mass is 9.97. The van der Waals surface area contributed by atoms with Crippen molar-refractivity contribution in [1.29, 1.82) is 0 Å². The number of hydrogen-bond donors (Lipinski definition) is 1. The smallest absolute Gasteiger partial charge is 0.311 e. The van der Waals surface area contributed by atoms with E-state index in [0.29, 0.717) is 0 Å². The molecular weight excluding hydrogens is 419 g/mol. The highest BCUT2D eigenvalue weighted by Gasteiger charge is 2.53. The lowest BCUT2D eigenvalue weighted by Crippen LogP contribution is -2.47. The normalized spacial score (nSPS) is 22.9. The molecule has 6 nitrogen and oxygen atoms in total. The van der Waals surface area contributed by atoms with Gasteiger partial charge in [0.1, 0.15) is 11.9 Å². The molecule has 2 amide bonds. The van der Waals surface area contributed by atoms with Crippen LogP contribution in [0.25, 0.3) is 0 Å². The van der Waals surface area contributed by atoms with Gasteiger partial charge in [0, 0.05) is 17.3 Å². The molecule has 3 unspecified atom stereocenters. The Bertz CT molecular complexity index is 943. The Kier molecular flexibility index (Phi) is 6.36. The van der Waals surface area contributed by atoms with Crippen molar-refractivity contribution in [1.82, 2.24) is 10.2 Å². The largest absolute Gasteiger partial charge is 0.466 e. The molecule has 164 valence electrons. The average Bonchev–Trinajstić information content (AvgIpc) is 3.32. The number of rotatable bonds is 7. The standard InChI is InChI=1S/C23H25FN2O4S/c1-2-30-23(29)17-12-18(21(27)25-13-14-5-9-16(24)10-6-14)26(22(28)15-7-8-15)20(17)19-4-3-11-31-19/h3-6,9-11,15,17-18,20H,2,7-8,12-13H2,1H3,(H,25,27). The van der Waals surface area contributed by atoms with Crippen molar-refractivity contribution >= 4 is 29.1 Å². The fourth-order valence-electron chi connectivity index (χ4n) is 4.11. The van der Waals surface area contributed by atoms with E-state index in [1.165, 1.54) is 23.5 Å². The van der Waals surface area contributed by atoms with Crippen LogP contribution >= 0.6 is 11.3 Å². The van der Waals surface area contributed by atoms with Crippen LogP contribution in [0.3, 0.4) is 0 Å². The fraction of sp³-hybridized carbons (Fsp3) is 0.435. The molecule has 2 aromatic rings. The molecule has 31 heavy (non-hydrogen) atoms. The first-order valence-electron chi connectivity index (χ1n) is 10.5. The van der Waals surface area contributed by atoms with E-state index in [-0.39, 0.29) is 49.1 Å². The molecule has 2 heterocycles. The highest BCUT2D eigenvalue weighted by molar-refractivity contribution is 7.10. The summed E-state index contributed by atoms with van der Waals surface area (Å²) in [5, 5.41) is 4.76. The van der Waals surface area contributed by atoms with E-state index in [0.717, 1.165) is 23.3 Å². The second-order valence-electron chi connectivity index (χ2n) is 7.93. The summed E-state index contributed by atoms with van der Waals surface area (Å²) in [7, 11) is 0. The van der Waals surface area contributed by atoms with Crippen molar-refractivity contribution in [2.45, 2.75) is 44.8 Å². The quantitative estimate of drug-likeness (QED) is 0.664. The number of benzene rings is 1. The van der Waals surface area contributed by atoms with E-state index >= 15 is 0 Å². The number of esters is 1. The summed E-state index contributed by atoms with van der Waals surface area (Å²) in [6.45, 7) is 2.20. The van der Waals surface area contributed by atoms with Crippen molar-refractivity contribution in [3.8, 4) is 0 Å². The number of hydrogen-bond acceptors (Lipinski definition) is 5. The third kappa shape index (κ3) is 4.63. The van der Waals surface area contributed by atoms with Gasteiger partial charge in [-0.15, -0.1) is 11.3 Å². The highest BCUT2D eigenvalue weighted by atomic mass is 32.1. The number of thiophene rings is 1. The lowest BCUT2D eigenvalue weighted by molar-refractivity contribution is -0.149. The van der Waals surface area contributed by atoms with Crippen LogP contribution in [0.1, 0.15) is 42.7 Å². The Morgan fingerprint density at radius 3 is 2.55 bits per heavy atom. The van der Waals surface area contributed by atoms with Gasteiger partial charge in [-0.05, 0) is 55.3 Å². The van der Waals surface area contributed by atoms with E-state index in [9.17, 15) is 18.8 Å². The minimum absolute atomic E-state index is 0.0767. The Labute approximate surface area is 184 Å². The Balaban J connectivity index is 1.59. The Hall–Kier alpha value is -2.74. The SMILES string of the molecule is CCOC(=O)C1CC(C(=O)NCc2ccc(F)cc2)N(C(=O)C2CC2)C1c1cccs1. The van der Waals surface area contributed by atoms with Crippen molar-refractivity contribution in [3.63, 3.8) is 0 Å². The molecule has 1 aromatic carbocycles. The lowest BCUT2D eigenvalue weighted by Gasteiger charge is -2.30. The number of likely N-dealkylation sites (tertiary alicyclic amines) is 1. The van der Waals surface area contributed by atoms with Crippen LogP contribution in [-0.4, -0.2) is 35.3 Å². The minimum atomic E-state index is -0.755. The van der Waals surface area contributed by atoms with Gasteiger partial charge in [-0.1, -0.05) is 18.2 Å². The van der Waals surface area contributed by atoms with Gasteiger partial charge in [-0.2, -0.15) is 0 Å². The molecule has 1 saturated carbocycles. The summed E-state index contributed by atoms with van der Waals surface area (Å²) >= 11 is 1.47. The third-order valence-electron chi connectivity index (χ3n) is 5.78. The average molecular weight is 445 g/mol. The second-order valence-corrected chi connectivity index (χ2v) is 8.91. The first-order chi connectivity index (χ1) is 15.0. The summed E-state index contributed by atoms with van der Waals surface area (Å²) in [6, 6.07) is 8.40. The predicted octanol–water partition coefficient (Wildman–Crippen LogP) is 3.43. The van der Waals surface area contributed by atoms with E-state index in [2.05, 4.69) is 5.32 Å². The molecule has 1 N–H and O–H groups in total. The van der Waals surface area contributed by atoms with Gasteiger partial charge >= 0.3 is 5.97 Å². The van der Waals surface area contributed by atoms with Crippen LogP contribution in [0.15, 0.2) is 41.8 Å². The summed E-state index contributed by atoms with van der Waals surface area (Å²) in [5.74, 6) is -1.80. The van der Waals surface area contributed by atoms with Crippen molar-refractivity contribution in [2.24, 2.45) is 11.8 Å². The zero-order valence-corrected chi connectivity index (χ0v) is 18.1. The van der Waals surface area contributed by atoms with E-state index in [1.807, 2.05) is 17.5 Å². The van der Waals surface area contributed by atoms with Gasteiger partial charge in [-0.25, -0.2) is 4.39 Å². The van der Waals surface area contributed by atoms with Crippen LogP contribution in [0.5, 0.6) is 0 Å². The predicted molar refractivity (Wildman–Crippen MR) is 113 cm³/mol. The Morgan fingerprint density at radius 2 is 1.94 bits per heavy atom. The Morgan fingerprint density at radius 1 is 1.19 bits per heavy atom. The molecule has 1 aliphatic heterocycles. The molecule has 1 saturated heterocycles. The number of amides is 2. The molecule has 2 aliphatic rings. The van der Waals surface area contributed by atoms with Gasteiger partial charge in [0.15, 0.2) is 0 Å². The molecule has 3 atom stereocenters. The maximum atomic E-state index is 13.2. The molecule has 8 heteroatoms. The number of carbonyl (C=O) groups is 3. The molecule has 0 spiro atoms. The van der Waals surface area contributed by atoms with E-state index < -0.39 is 18.0 Å². The molecule has 2 fully saturated rings. The third-order valence-corrected chi connectivity index (χ3v) is 6.72. The first-order valence-corrected chi connectivity index (χ1v) is 11.4. The molecule has 1 aliphatic carbocycles. The van der Waals surface area contributed by atoms with E-state index in [4.69, 9.17) is 4.74 Å². The van der Waals surface area contributed by atoms with Gasteiger partial charge in [-0.3, -0.25) is 14.4 Å². The van der Waals surface area contributed by atoms with Crippen molar-refractivity contribution in [3.05, 3.63) is 58.0 Å². The van der Waals surface area contributed by atoms with Gasteiger partial charge in [0.05, 0.1) is 18.6 Å². The number of ether oxygens (including phenoxy) is 1. The van der Waals surface area contributed by atoms with Gasteiger partial charge in [0.25, 0.3) is 0 Å². The zero-order valence-electron chi connectivity index (χ0n) is 17.3. The van der Waals surface area contributed by atoms with Crippen LogP contribution < -0.4 is 5.32 Å². The molecule has 0 bridgehead atoms. The summed E-state index contributed by atoms with van der Waals surface area (Å²) in [6.07, 6.45) is 1.83. The van der Waals surface area contributed by atoms with Crippen molar-refractivity contribution < 1.29 is 23.5 Å². The molecule has 0 radical (unpaired) electrons. The number of carbonyl (C=O) groups excluding carboxylic acids is 3. The molecule has 1 aromatic heterocycles. The van der Waals surface area contributed by atoms with Gasteiger partial charge in [0.2, 0.25) is 11.8 Å². The zero-order chi connectivity index (χ0) is 22.0. The van der Waals surface area contributed by atoms with Crippen LogP contribution in [0.2, 0.25) is 0 Å².